The first-order valence-electron chi connectivity index (χ1n) is 8.69. The molecular formula is C19H20FN3O3. The van der Waals surface area contributed by atoms with Gasteiger partial charge in [0.1, 0.15) is 11.5 Å². The minimum absolute atomic E-state index is 0.292. The van der Waals surface area contributed by atoms with Gasteiger partial charge in [0.15, 0.2) is 5.79 Å². The van der Waals surface area contributed by atoms with E-state index in [-0.39, 0.29) is 5.91 Å². The fourth-order valence-electron chi connectivity index (χ4n) is 3.39. The lowest BCUT2D eigenvalue weighted by Crippen LogP contribution is -2.45. The molecule has 0 bridgehead atoms. The van der Waals surface area contributed by atoms with Gasteiger partial charge < -0.3 is 19.7 Å². The van der Waals surface area contributed by atoms with Crippen LogP contribution < -0.4 is 10.2 Å². The Kier molecular flexibility index (Phi) is 4.57. The minimum atomic E-state index is -0.429. The van der Waals surface area contributed by atoms with E-state index in [1.807, 2.05) is 6.07 Å². The van der Waals surface area contributed by atoms with Crippen LogP contribution in [0.25, 0.3) is 0 Å². The number of benzene rings is 1. The van der Waals surface area contributed by atoms with Gasteiger partial charge in [0.05, 0.1) is 13.2 Å². The highest BCUT2D eigenvalue weighted by molar-refractivity contribution is 6.03. The van der Waals surface area contributed by atoms with Crippen LogP contribution in [0.2, 0.25) is 0 Å². The predicted molar refractivity (Wildman–Crippen MR) is 94.7 cm³/mol. The van der Waals surface area contributed by atoms with Gasteiger partial charge in [-0.2, -0.15) is 0 Å². The lowest BCUT2D eigenvalue weighted by molar-refractivity contribution is -0.169. The van der Waals surface area contributed by atoms with Crippen molar-refractivity contribution in [2.24, 2.45) is 0 Å². The molecule has 0 unspecified atom stereocenters. The number of aromatic nitrogens is 1. The molecule has 136 valence electrons. The third-order valence-electron chi connectivity index (χ3n) is 4.76. The van der Waals surface area contributed by atoms with E-state index in [1.165, 1.54) is 12.1 Å². The fourth-order valence-corrected chi connectivity index (χ4v) is 3.39. The molecule has 1 aromatic carbocycles. The molecule has 0 saturated carbocycles. The summed E-state index contributed by atoms with van der Waals surface area (Å²) in [4.78, 5) is 18.7. The Morgan fingerprint density at radius 3 is 2.65 bits per heavy atom. The van der Waals surface area contributed by atoms with Crippen LogP contribution in [-0.4, -0.2) is 43.0 Å². The summed E-state index contributed by atoms with van der Waals surface area (Å²) in [5, 5.41) is 2.67. The number of nitrogens with zero attached hydrogens (tertiary/aromatic N) is 2. The van der Waals surface area contributed by atoms with Crippen LogP contribution in [-0.2, 0) is 9.47 Å². The number of nitrogens with one attached hydrogen (secondary N) is 1. The standard InChI is InChI=1S/C19H20FN3O3/c20-14-2-1-3-15(12-14)22-18(24)17-13-16(4-7-21-17)23-8-5-19(6-9-23)25-10-11-26-19/h1-4,7,12-13H,5-6,8-11H2,(H,22,24). The monoisotopic (exact) mass is 357 g/mol. The van der Waals surface area contributed by atoms with Gasteiger partial charge in [-0.05, 0) is 30.3 Å². The van der Waals surface area contributed by atoms with Crippen molar-refractivity contribution in [2.75, 3.05) is 36.5 Å². The maximum atomic E-state index is 13.3. The number of halogens is 1. The first-order valence-corrected chi connectivity index (χ1v) is 8.69. The van der Waals surface area contributed by atoms with Crippen molar-refractivity contribution >= 4 is 17.3 Å². The van der Waals surface area contributed by atoms with Crippen LogP contribution in [0.3, 0.4) is 0 Å². The van der Waals surface area contributed by atoms with E-state index in [4.69, 9.17) is 9.47 Å². The number of anilines is 2. The summed E-state index contributed by atoms with van der Waals surface area (Å²) in [6.07, 6.45) is 3.20. The highest BCUT2D eigenvalue weighted by Crippen LogP contribution is 2.33. The van der Waals surface area contributed by atoms with Crippen molar-refractivity contribution in [3.05, 3.63) is 54.1 Å². The molecule has 4 rings (SSSR count). The third kappa shape index (κ3) is 3.54. The summed E-state index contributed by atoms with van der Waals surface area (Å²) < 4.78 is 24.8. The largest absolute Gasteiger partial charge is 0.371 e. The van der Waals surface area contributed by atoms with Crippen molar-refractivity contribution in [2.45, 2.75) is 18.6 Å². The average molecular weight is 357 g/mol. The van der Waals surface area contributed by atoms with Crippen molar-refractivity contribution in [3.63, 3.8) is 0 Å². The van der Waals surface area contributed by atoms with Gasteiger partial charge in [0, 0.05) is 43.5 Å². The summed E-state index contributed by atoms with van der Waals surface area (Å²) in [7, 11) is 0. The van der Waals surface area contributed by atoms with Crippen LogP contribution in [0, 0.1) is 5.82 Å². The highest BCUT2D eigenvalue weighted by atomic mass is 19.1. The SMILES string of the molecule is O=C(Nc1cccc(F)c1)c1cc(N2CCC3(CC2)OCCO3)ccn1. The zero-order valence-corrected chi connectivity index (χ0v) is 14.3. The van der Waals surface area contributed by atoms with E-state index in [0.29, 0.717) is 24.6 Å². The molecule has 26 heavy (non-hydrogen) atoms. The third-order valence-corrected chi connectivity index (χ3v) is 4.76. The molecule has 2 aromatic rings. The molecular weight excluding hydrogens is 337 g/mol. The molecule has 1 N–H and O–H groups in total. The second-order valence-corrected chi connectivity index (χ2v) is 6.46. The first kappa shape index (κ1) is 16.9. The van der Waals surface area contributed by atoms with Gasteiger partial charge in [-0.1, -0.05) is 6.07 Å². The van der Waals surface area contributed by atoms with E-state index in [9.17, 15) is 9.18 Å². The topological polar surface area (TPSA) is 63.7 Å². The molecule has 3 heterocycles. The Balaban J connectivity index is 1.44. The normalized spacial score (nSPS) is 18.9. The maximum Gasteiger partial charge on any atom is 0.274 e. The Morgan fingerprint density at radius 1 is 1.15 bits per heavy atom. The molecule has 0 radical (unpaired) electrons. The molecule has 2 aliphatic rings. The Morgan fingerprint density at radius 2 is 1.92 bits per heavy atom. The van der Waals surface area contributed by atoms with Crippen LogP contribution >= 0.6 is 0 Å². The van der Waals surface area contributed by atoms with E-state index in [2.05, 4.69) is 15.2 Å². The Hall–Kier alpha value is -2.51. The Labute approximate surface area is 150 Å². The van der Waals surface area contributed by atoms with Gasteiger partial charge in [-0.25, -0.2) is 4.39 Å². The molecule has 2 fully saturated rings. The molecule has 2 aliphatic heterocycles. The molecule has 6 nitrogen and oxygen atoms in total. The van der Waals surface area contributed by atoms with Crippen molar-refractivity contribution in [3.8, 4) is 0 Å². The van der Waals surface area contributed by atoms with Crippen LogP contribution in [0.5, 0.6) is 0 Å². The van der Waals surface area contributed by atoms with Gasteiger partial charge in [-0.15, -0.1) is 0 Å². The number of carbonyl (C=O) groups excluding carboxylic acids is 1. The van der Waals surface area contributed by atoms with Crippen molar-refractivity contribution in [1.29, 1.82) is 0 Å². The van der Waals surface area contributed by atoms with Gasteiger partial charge >= 0.3 is 0 Å². The summed E-state index contributed by atoms with van der Waals surface area (Å²) in [5.41, 5.74) is 1.62. The number of hydrogen-bond donors (Lipinski definition) is 1. The molecule has 0 aliphatic carbocycles. The predicted octanol–water partition coefficient (Wildman–Crippen LogP) is 2.82. The van der Waals surface area contributed by atoms with E-state index >= 15 is 0 Å². The summed E-state index contributed by atoms with van der Waals surface area (Å²) in [6.45, 7) is 2.88. The summed E-state index contributed by atoms with van der Waals surface area (Å²) in [5.74, 6) is -1.20. The number of amides is 1. The number of piperidine rings is 1. The number of hydrogen-bond acceptors (Lipinski definition) is 5. The Bertz CT molecular complexity index is 798. The highest BCUT2D eigenvalue weighted by Gasteiger charge is 2.39. The van der Waals surface area contributed by atoms with E-state index in [1.54, 1.807) is 24.4 Å². The molecule has 2 saturated heterocycles. The summed E-state index contributed by atoms with van der Waals surface area (Å²) in [6, 6.07) is 9.42. The van der Waals surface area contributed by atoms with Crippen LogP contribution in [0.15, 0.2) is 42.6 Å². The van der Waals surface area contributed by atoms with Crippen LogP contribution in [0.4, 0.5) is 15.8 Å². The number of ether oxygens (including phenoxy) is 2. The number of pyridine rings is 1. The fraction of sp³-hybridized carbons (Fsp3) is 0.368. The smallest absolute Gasteiger partial charge is 0.274 e. The molecule has 1 amide bonds. The average Bonchev–Trinajstić information content (AvgIpc) is 3.10. The molecule has 1 spiro atoms. The second-order valence-electron chi connectivity index (χ2n) is 6.46. The zero-order chi connectivity index (χ0) is 18.0. The second kappa shape index (κ2) is 7.01. The van der Waals surface area contributed by atoms with Crippen LogP contribution in [0.1, 0.15) is 23.3 Å². The number of carbonyl (C=O) groups is 1. The number of rotatable bonds is 3. The van der Waals surface area contributed by atoms with Gasteiger partial charge in [0.2, 0.25) is 0 Å². The van der Waals surface area contributed by atoms with E-state index < -0.39 is 11.6 Å². The van der Waals surface area contributed by atoms with E-state index in [0.717, 1.165) is 31.6 Å². The van der Waals surface area contributed by atoms with Crippen molar-refractivity contribution < 1.29 is 18.7 Å². The maximum absolute atomic E-state index is 13.3. The summed E-state index contributed by atoms with van der Waals surface area (Å²) >= 11 is 0. The van der Waals surface area contributed by atoms with Gasteiger partial charge in [-0.3, -0.25) is 9.78 Å². The minimum Gasteiger partial charge on any atom is -0.371 e. The molecule has 7 heteroatoms. The zero-order valence-electron chi connectivity index (χ0n) is 14.3. The lowest BCUT2D eigenvalue weighted by Gasteiger charge is -2.38. The van der Waals surface area contributed by atoms with Gasteiger partial charge in [0.25, 0.3) is 5.91 Å². The lowest BCUT2D eigenvalue weighted by atomic mass is 10.0. The first-order chi connectivity index (χ1) is 12.6. The quantitative estimate of drug-likeness (QED) is 0.915. The molecule has 1 aromatic heterocycles. The molecule has 0 atom stereocenters. The van der Waals surface area contributed by atoms with Crippen molar-refractivity contribution in [1.82, 2.24) is 4.98 Å².